The van der Waals surface area contributed by atoms with Crippen molar-refractivity contribution in [3.05, 3.63) is 28.2 Å². The van der Waals surface area contributed by atoms with E-state index >= 15 is 0 Å². The van der Waals surface area contributed by atoms with Gasteiger partial charge in [-0.3, -0.25) is 4.79 Å². The molecule has 0 aromatic heterocycles. The summed E-state index contributed by atoms with van der Waals surface area (Å²) in [6.07, 6.45) is -0.548. The Bertz CT molecular complexity index is 482. The first kappa shape index (κ1) is 16.4. The summed E-state index contributed by atoms with van der Waals surface area (Å²) in [5, 5.41) is 0.988. The van der Waals surface area contributed by atoms with Gasteiger partial charge in [0.15, 0.2) is 6.10 Å². The number of nitrogens with zero attached hydrogens (tertiary/aromatic N) is 2. The van der Waals surface area contributed by atoms with E-state index in [-0.39, 0.29) is 5.91 Å². The normalized spacial score (nSPS) is 17.6. The Labute approximate surface area is 135 Å². The van der Waals surface area contributed by atoms with Crippen molar-refractivity contribution >= 4 is 29.1 Å². The van der Waals surface area contributed by atoms with E-state index in [4.69, 9.17) is 27.9 Å². The Balaban J connectivity index is 1.93. The van der Waals surface area contributed by atoms with E-state index in [1.165, 1.54) is 0 Å². The van der Waals surface area contributed by atoms with E-state index in [0.29, 0.717) is 15.8 Å². The molecule has 0 N–H and O–H groups in total. The second-order valence-electron chi connectivity index (χ2n) is 5.12. The summed E-state index contributed by atoms with van der Waals surface area (Å²) in [4.78, 5) is 16.6. The number of halogens is 2. The average Bonchev–Trinajstić information content (AvgIpc) is 2.45. The Morgan fingerprint density at radius 2 is 1.76 bits per heavy atom. The lowest BCUT2D eigenvalue weighted by Gasteiger charge is -2.35. The lowest BCUT2D eigenvalue weighted by molar-refractivity contribution is -0.139. The van der Waals surface area contributed by atoms with Gasteiger partial charge >= 0.3 is 0 Å². The van der Waals surface area contributed by atoms with Gasteiger partial charge in [0.25, 0.3) is 5.91 Å². The van der Waals surface area contributed by atoms with Crippen LogP contribution in [0.1, 0.15) is 13.8 Å². The van der Waals surface area contributed by atoms with E-state index in [9.17, 15) is 4.79 Å². The average molecular weight is 331 g/mol. The molecular weight excluding hydrogens is 311 g/mol. The molecule has 4 nitrogen and oxygen atoms in total. The summed E-state index contributed by atoms with van der Waals surface area (Å²) in [6.45, 7) is 8.23. The molecule has 0 spiro atoms. The number of hydrogen-bond donors (Lipinski definition) is 0. The van der Waals surface area contributed by atoms with Crippen molar-refractivity contribution in [2.45, 2.75) is 20.0 Å². The SMILES string of the molecule is CCN1CCN(C(=O)C(C)Oc2cc(Cl)cc(Cl)c2)CC1. The van der Waals surface area contributed by atoms with Gasteiger partial charge in [0.1, 0.15) is 5.75 Å². The summed E-state index contributed by atoms with van der Waals surface area (Å²) < 4.78 is 5.67. The molecule has 1 amide bonds. The van der Waals surface area contributed by atoms with Gasteiger partial charge in [-0.05, 0) is 31.7 Å². The van der Waals surface area contributed by atoms with Crippen LogP contribution in [0.15, 0.2) is 18.2 Å². The minimum atomic E-state index is -0.548. The van der Waals surface area contributed by atoms with Crippen molar-refractivity contribution in [3.8, 4) is 5.75 Å². The van der Waals surface area contributed by atoms with Gasteiger partial charge in [0.05, 0.1) is 0 Å². The maximum absolute atomic E-state index is 12.4. The summed E-state index contributed by atoms with van der Waals surface area (Å²) in [5.74, 6) is 0.516. The molecule has 1 atom stereocenters. The van der Waals surface area contributed by atoms with E-state index in [2.05, 4.69) is 11.8 Å². The monoisotopic (exact) mass is 330 g/mol. The Hall–Kier alpha value is -0.970. The number of benzene rings is 1. The summed E-state index contributed by atoms with van der Waals surface area (Å²) in [6, 6.07) is 4.95. The molecule has 1 saturated heterocycles. The fraction of sp³-hybridized carbons (Fsp3) is 0.533. The second kappa shape index (κ2) is 7.34. The van der Waals surface area contributed by atoms with Crippen LogP contribution < -0.4 is 4.74 Å². The van der Waals surface area contributed by atoms with Gasteiger partial charge in [-0.15, -0.1) is 0 Å². The first-order chi connectivity index (χ1) is 9.99. The number of rotatable bonds is 4. The molecule has 2 rings (SSSR count). The van der Waals surface area contributed by atoms with E-state index < -0.39 is 6.10 Å². The van der Waals surface area contributed by atoms with Gasteiger partial charge in [0.2, 0.25) is 0 Å². The van der Waals surface area contributed by atoms with Gasteiger partial charge in [-0.1, -0.05) is 30.1 Å². The van der Waals surface area contributed by atoms with Crippen LogP contribution in [0.5, 0.6) is 5.75 Å². The molecule has 1 fully saturated rings. The van der Waals surface area contributed by atoms with Crippen molar-refractivity contribution in [2.24, 2.45) is 0 Å². The molecule has 0 aliphatic carbocycles. The zero-order valence-electron chi connectivity index (χ0n) is 12.3. The van der Waals surface area contributed by atoms with Crippen molar-refractivity contribution in [1.82, 2.24) is 9.80 Å². The van der Waals surface area contributed by atoms with Crippen molar-refractivity contribution < 1.29 is 9.53 Å². The molecule has 21 heavy (non-hydrogen) atoms. The van der Waals surface area contributed by atoms with Crippen LogP contribution in [0.4, 0.5) is 0 Å². The number of amides is 1. The lowest BCUT2D eigenvalue weighted by Crippen LogP contribution is -2.51. The molecule has 1 aliphatic rings. The highest BCUT2D eigenvalue weighted by Gasteiger charge is 2.25. The third kappa shape index (κ3) is 4.50. The first-order valence-electron chi connectivity index (χ1n) is 7.13. The van der Waals surface area contributed by atoms with E-state index in [1.54, 1.807) is 25.1 Å². The molecule has 0 bridgehead atoms. The predicted octanol–water partition coefficient (Wildman–Crippen LogP) is 2.92. The maximum atomic E-state index is 12.4. The smallest absolute Gasteiger partial charge is 0.263 e. The summed E-state index contributed by atoms with van der Waals surface area (Å²) in [5.41, 5.74) is 0. The summed E-state index contributed by atoms with van der Waals surface area (Å²) in [7, 11) is 0. The third-order valence-electron chi connectivity index (χ3n) is 3.63. The number of piperazine rings is 1. The summed E-state index contributed by atoms with van der Waals surface area (Å²) >= 11 is 11.9. The number of carbonyl (C=O) groups excluding carboxylic acids is 1. The molecule has 1 aromatic rings. The highest BCUT2D eigenvalue weighted by molar-refractivity contribution is 6.34. The van der Waals surface area contributed by atoms with Crippen molar-refractivity contribution in [3.63, 3.8) is 0 Å². The highest BCUT2D eigenvalue weighted by atomic mass is 35.5. The molecule has 0 radical (unpaired) electrons. The lowest BCUT2D eigenvalue weighted by atomic mass is 10.2. The van der Waals surface area contributed by atoms with Crippen LogP contribution in [0.3, 0.4) is 0 Å². The van der Waals surface area contributed by atoms with Gasteiger partial charge < -0.3 is 14.5 Å². The minimum absolute atomic E-state index is 0.00171. The molecule has 0 saturated carbocycles. The zero-order chi connectivity index (χ0) is 15.4. The molecule has 116 valence electrons. The number of ether oxygens (including phenoxy) is 1. The Kier molecular flexibility index (Phi) is 5.73. The maximum Gasteiger partial charge on any atom is 0.263 e. The first-order valence-corrected chi connectivity index (χ1v) is 7.89. The van der Waals surface area contributed by atoms with Crippen LogP contribution in [0.2, 0.25) is 10.0 Å². The molecule has 1 heterocycles. The third-order valence-corrected chi connectivity index (χ3v) is 4.06. The highest BCUT2D eigenvalue weighted by Crippen LogP contribution is 2.25. The van der Waals surface area contributed by atoms with Crippen LogP contribution in [0, 0.1) is 0 Å². The zero-order valence-corrected chi connectivity index (χ0v) is 13.8. The fourth-order valence-electron chi connectivity index (χ4n) is 2.39. The fourth-order valence-corrected chi connectivity index (χ4v) is 2.90. The second-order valence-corrected chi connectivity index (χ2v) is 6.00. The largest absolute Gasteiger partial charge is 0.481 e. The van der Waals surface area contributed by atoms with Crippen LogP contribution in [0.25, 0.3) is 0 Å². The van der Waals surface area contributed by atoms with Gasteiger partial charge in [0, 0.05) is 36.2 Å². The molecule has 1 aromatic carbocycles. The topological polar surface area (TPSA) is 32.8 Å². The van der Waals surface area contributed by atoms with Gasteiger partial charge in [-0.2, -0.15) is 0 Å². The molecule has 1 aliphatic heterocycles. The van der Waals surface area contributed by atoms with Crippen molar-refractivity contribution in [1.29, 1.82) is 0 Å². The number of likely N-dealkylation sites (N-methyl/N-ethyl adjacent to an activating group) is 1. The van der Waals surface area contributed by atoms with Crippen LogP contribution >= 0.6 is 23.2 Å². The van der Waals surface area contributed by atoms with E-state index in [0.717, 1.165) is 32.7 Å². The molecule has 6 heteroatoms. The predicted molar refractivity (Wildman–Crippen MR) is 85.2 cm³/mol. The Morgan fingerprint density at radius 1 is 1.19 bits per heavy atom. The number of hydrogen-bond acceptors (Lipinski definition) is 3. The Morgan fingerprint density at radius 3 is 2.29 bits per heavy atom. The van der Waals surface area contributed by atoms with Crippen molar-refractivity contribution in [2.75, 3.05) is 32.7 Å². The minimum Gasteiger partial charge on any atom is -0.481 e. The van der Waals surface area contributed by atoms with E-state index in [1.807, 2.05) is 4.90 Å². The standard InChI is InChI=1S/C15H20Cl2N2O2/c1-3-18-4-6-19(7-5-18)15(20)11(2)21-14-9-12(16)8-13(17)10-14/h8-11H,3-7H2,1-2H3. The van der Waals surface area contributed by atoms with Crippen LogP contribution in [-0.2, 0) is 4.79 Å². The molecular formula is C15H20Cl2N2O2. The molecule has 1 unspecified atom stereocenters. The van der Waals surface area contributed by atoms with Crippen LogP contribution in [-0.4, -0.2) is 54.5 Å². The quantitative estimate of drug-likeness (QED) is 0.850. The van der Waals surface area contributed by atoms with Gasteiger partial charge in [-0.25, -0.2) is 0 Å². The number of carbonyl (C=O) groups is 1.